The summed E-state index contributed by atoms with van der Waals surface area (Å²) >= 11 is 0. The van der Waals surface area contributed by atoms with Crippen LogP contribution in [0.5, 0.6) is 5.75 Å². The van der Waals surface area contributed by atoms with Crippen molar-refractivity contribution in [3.8, 4) is 17.6 Å². The van der Waals surface area contributed by atoms with E-state index in [1.54, 1.807) is 30.3 Å². The molecule has 1 aliphatic carbocycles. The van der Waals surface area contributed by atoms with Crippen LogP contribution in [-0.2, 0) is 4.79 Å². The van der Waals surface area contributed by atoms with E-state index < -0.39 is 0 Å². The van der Waals surface area contributed by atoms with Crippen molar-refractivity contribution in [1.82, 2.24) is 0 Å². The maximum atomic E-state index is 13.9. The van der Waals surface area contributed by atoms with Gasteiger partial charge in [-0.2, -0.15) is 0 Å². The fraction of sp³-hybridized carbons (Fsp3) is 0.370. The van der Waals surface area contributed by atoms with E-state index >= 15 is 0 Å². The summed E-state index contributed by atoms with van der Waals surface area (Å²) < 4.78 is 19.5. The van der Waals surface area contributed by atoms with Crippen LogP contribution < -0.4 is 4.74 Å². The lowest BCUT2D eigenvalue weighted by Crippen LogP contribution is -2.25. The Morgan fingerprint density at radius 2 is 1.83 bits per heavy atom. The van der Waals surface area contributed by atoms with Crippen molar-refractivity contribution in [1.29, 1.82) is 0 Å². The second-order valence-corrected chi connectivity index (χ2v) is 8.04. The summed E-state index contributed by atoms with van der Waals surface area (Å²) in [6, 6.07) is 12.1. The molecule has 30 heavy (non-hydrogen) atoms. The molecule has 1 saturated carbocycles. The van der Waals surface area contributed by atoms with Gasteiger partial charge in [-0.05, 0) is 100 Å². The molecule has 156 valence electrons. The third-order valence-electron chi connectivity index (χ3n) is 5.70. The number of hydrogen-bond donors (Lipinski definition) is 0. The van der Waals surface area contributed by atoms with E-state index in [1.807, 2.05) is 13.0 Å². The van der Waals surface area contributed by atoms with Crippen LogP contribution in [0.15, 0.2) is 54.6 Å². The molecule has 0 saturated heterocycles. The molecule has 0 amide bonds. The van der Waals surface area contributed by atoms with Crippen LogP contribution in [-0.4, -0.2) is 5.97 Å². The van der Waals surface area contributed by atoms with Crippen molar-refractivity contribution in [2.24, 2.45) is 11.8 Å². The van der Waals surface area contributed by atoms with E-state index in [1.165, 1.54) is 12.5 Å². The summed E-state index contributed by atoms with van der Waals surface area (Å²) in [6.07, 6.45) is 10.7. The van der Waals surface area contributed by atoms with Gasteiger partial charge < -0.3 is 4.74 Å². The first-order valence-electron chi connectivity index (χ1n) is 10.8. The molecular weight excluding hydrogens is 375 g/mol. The van der Waals surface area contributed by atoms with Crippen molar-refractivity contribution in [3.63, 3.8) is 0 Å². The minimum Gasteiger partial charge on any atom is -0.426 e. The Bertz CT molecular complexity index is 939. The summed E-state index contributed by atoms with van der Waals surface area (Å²) in [4.78, 5) is 12.5. The SMILES string of the molecule is C/C=C/CCC1CCC(C(=O)Oc2ccc(C#Cc3ccc(C)cc3F)cc2)CC1. The summed E-state index contributed by atoms with van der Waals surface area (Å²) in [6.45, 7) is 3.90. The zero-order chi connectivity index (χ0) is 21.3. The minimum atomic E-state index is -0.315. The highest BCUT2D eigenvalue weighted by molar-refractivity contribution is 5.75. The van der Waals surface area contributed by atoms with Crippen molar-refractivity contribution < 1.29 is 13.9 Å². The molecule has 0 aromatic heterocycles. The van der Waals surface area contributed by atoms with Gasteiger partial charge in [0.15, 0.2) is 0 Å². The molecular formula is C27H29FO2. The number of aryl methyl sites for hydroxylation is 1. The monoisotopic (exact) mass is 404 g/mol. The van der Waals surface area contributed by atoms with Gasteiger partial charge in [0.2, 0.25) is 0 Å². The van der Waals surface area contributed by atoms with Crippen molar-refractivity contribution in [2.45, 2.75) is 52.4 Å². The van der Waals surface area contributed by atoms with Crippen LogP contribution in [0, 0.1) is 36.4 Å². The van der Waals surface area contributed by atoms with Crippen LogP contribution >= 0.6 is 0 Å². The largest absolute Gasteiger partial charge is 0.426 e. The van der Waals surface area contributed by atoms with Crippen molar-refractivity contribution in [3.05, 3.63) is 77.1 Å². The first-order chi connectivity index (χ1) is 14.5. The highest BCUT2D eigenvalue weighted by Crippen LogP contribution is 2.32. The number of carbonyl (C=O) groups is 1. The number of benzene rings is 2. The summed E-state index contributed by atoms with van der Waals surface area (Å²) in [5.74, 6) is 6.60. The zero-order valence-corrected chi connectivity index (χ0v) is 17.8. The summed E-state index contributed by atoms with van der Waals surface area (Å²) in [5.41, 5.74) is 1.99. The Kier molecular flexibility index (Phi) is 7.85. The van der Waals surface area contributed by atoms with Crippen LogP contribution in [0.25, 0.3) is 0 Å². The number of halogens is 1. The van der Waals surface area contributed by atoms with Gasteiger partial charge in [-0.1, -0.05) is 30.1 Å². The van der Waals surface area contributed by atoms with E-state index in [2.05, 4.69) is 30.9 Å². The summed E-state index contributed by atoms with van der Waals surface area (Å²) in [7, 11) is 0. The highest BCUT2D eigenvalue weighted by Gasteiger charge is 2.27. The van der Waals surface area contributed by atoms with E-state index in [-0.39, 0.29) is 17.7 Å². The van der Waals surface area contributed by atoms with Crippen LogP contribution in [0.3, 0.4) is 0 Å². The van der Waals surface area contributed by atoms with Gasteiger partial charge in [0, 0.05) is 5.56 Å². The minimum absolute atomic E-state index is 0.00746. The van der Waals surface area contributed by atoms with E-state index in [0.717, 1.165) is 49.1 Å². The van der Waals surface area contributed by atoms with Crippen LogP contribution in [0.2, 0.25) is 0 Å². The lowest BCUT2D eigenvalue weighted by molar-refractivity contribution is -0.140. The molecule has 3 rings (SSSR count). The van der Waals surface area contributed by atoms with E-state index in [4.69, 9.17) is 4.74 Å². The molecule has 0 atom stereocenters. The van der Waals surface area contributed by atoms with Crippen LogP contribution in [0.4, 0.5) is 4.39 Å². The number of allylic oxidation sites excluding steroid dienone is 2. The first-order valence-corrected chi connectivity index (χ1v) is 10.8. The normalized spacial score (nSPS) is 18.6. The van der Waals surface area contributed by atoms with Gasteiger partial charge in [-0.25, -0.2) is 4.39 Å². The molecule has 1 aliphatic rings. The number of ether oxygens (including phenoxy) is 1. The maximum Gasteiger partial charge on any atom is 0.314 e. The van der Waals surface area contributed by atoms with E-state index in [0.29, 0.717) is 11.3 Å². The Balaban J connectivity index is 1.51. The third-order valence-corrected chi connectivity index (χ3v) is 5.70. The molecule has 0 radical (unpaired) electrons. The first kappa shape index (κ1) is 21.8. The van der Waals surface area contributed by atoms with Gasteiger partial charge in [-0.3, -0.25) is 4.79 Å². The number of esters is 1. The zero-order valence-electron chi connectivity index (χ0n) is 17.8. The quantitative estimate of drug-likeness (QED) is 0.243. The number of carbonyl (C=O) groups excluding carboxylic acids is 1. The fourth-order valence-corrected chi connectivity index (χ4v) is 3.85. The van der Waals surface area contributed by atoms with E-state index in [9.17, 15) is 9.18 Å². The molecule has 0 bridgehead atoms. The lowest BCUT2D eigenvalue weighted by atomic mass is 9.80. The molecule has 0 heterocycles. The molecule has 2 nitrogen and oxygen atoms in total. The molecule has 2 aromatic rings. The maximum absolute atomic E-state index is 13.9. The molecule has 0 aliphatic heterocycles. The second kappa shape index (κ2) is 10.8. The van der Waals surface area contributed by atoms with Gasteiger partial charge in [0.25, 0.3) is 0 Å². The third kappa shape index (κ3) is 6.32. The van der Waals surface area contributed by atoms with Gasteiger partial charge >= 0.3 is 5.97 Å². The Morgan fingerprint density at radius 3 is 2.50 bits per heavy atom. The van der Waals surface area contributed by atoms with Crippen molar-refractivity contribution >= 4 is 5.97 Å². The Morgan fingerprint density at radius 1 is 1.10 bits per heavy atom. The standard InChI is InChI=1S/C27H29FO2/c1-3-4-5-6-21-9-15-24(16-10-21)27(29)30-25-17-11-22(12-18-25)8-14-23-13-7-20(2)19-26(23)28/h3-4,7,11-13,17-19,21,24H,5-6,9-10,15-16H2,1-2H3/b4-3+. The predicted molar refractivity (Wildman–Crippen MR) is 119 cm³/mol. The fourth-order valence-electron chi connectivity index (χ4n) is 3.85. The lowest BCUT2D eigenvalue weighted by Gasteiger charge is -2.26. The topological polar surface area (TPSA) is 26.3 Å². The highest BCUT2D eigenvalue weighted by atomic mass is 19.1. The van der Waals surface area contributed by atoms with Gasteiger partial charge in [0.05, 0.1) is 11.5 Å². The molecule has 0 spiro atoms. The Hall–Kier alpha value is -2.86. The molecule has 2 aromatic carbocycles. The van der Waals surface area contributed by atoms with Crippen molar-refractivity contribution in [2.75, 3.05) is 0 Å². The van der Waals surface area contributed by atoms with Crippen LogP contribution in [0.1, 0.15) is 62.1 Å². The Labute approximate surface area is 179 Å². The molecule has 0 N–H and O–H groups in total. The number of rotatable bonds is 5. The second-order valence-electron chi connectivity index (χ2n) is 8.04. The van der Waals surface area contributed by atoms with Gasteiger partial charge in [-0.15, -0.1) is 0 Å². The molecule has 0 unspecified atom stereocenters. The van der Waals surface area contributed by atoms with Gasteiger partial charge in [0.1, 0.15) is 11.6 Å². The summed E-state index contributed by atoms with van der Waals surface area (Å²) in [5, 5.41) is 0. The molecule has 1 fully saturated rings. The number of hydrogen-bond acceptors (Lipinski definition) is 2. The average molecular weight is 405 g/mol. The smallest absolute Gasteiger partial charge is 0.314 e. The predicted octanol–water partition coefficient (Wildman–Crippen LogP) is 6.60. The average Bonchev–Trinajstić information content (AvgIpc) is 2.75. The molecule has 3 heteroatoms.